The summed E-state index contributed by atoms with van der Waals surface area (Å²) >= 11 is 0. The molecule has 18 heavy (non-hydrogen) atoms. The summed E-state index contributed by atoms with van der Waals surface area (Å²) in [6, 6.07) is 5.49. The normalized spacial score (nSPS) is 15.1. The van der Waals surface area contributed by atoms with E-state index in [1.807, 2.05) is 0 Å². The van der Waals surface area contributed by atoms with Gasteiger partial charge in [-0.2, -0.15) is 0 Å². The zero-order valence-electron chi connectivity index (χ0n) is 10.0. The minimum Gasteiger partial charge on any atom is -0.358 e. The number of benzene rings is 1. The molecule has 0 atom stereocenters. The summed E-state index contributed by atoms with van der Waals surface area (Å²) in [4.78, 5) is 26.2. The Balaban J connectivity index is 2.07. The van der Waals surface area contributed by atoms with Gasteiger partial charge in [0.25, 0.3) is 0 Å². The highest BCUT2D eigenvalue weighted by Gasteiger charge is 2.30. The molecule has 6 heteroatoms. The average Bonchev–Trinajstić information content (AvgIpc) is 2.72. The van der Waals surface area contributed by atoms with E-state index in [-0.39, 0.29) is 24.3 Å². The van der Waals surface area contributed by atoms with E-state index < -0.39 is 0 Å². The molecule has 0 bridgehead atoms. The number of nitrogens with one attached hydrogen (secondary N) is 1. The van der Waals surface area contributed by atoms with Crippen molar-refractivity contribution >= 4 is 17.6 Å². The van der Waals surface area contributed by atoms with Gasteiger partial charge < -0.3 is 10.2 Å². The maximum atomic E-state index is 12.8. The molecule has 0 aliphatic carbocycles. The summed E-state index contributed by atoms with van der Waals surface area (Å²) < 4.78 is 12.8. The second-order valence-corrected chi connectivity index (χ2v) is 4.01. The number of carbonyl (C=O) groups is 2. The first-order valence-corrected chi connectivity index (χ1v) is 5.64. The van der Waals surface area contributed by atoms with Crippen LogP contribution in [0.5, 0.6) is 0 Å². The van der Waals surface area contributed by atoms with Gasteiger partial charge >= 0.3 is 6.03 Å². The van der Waals surface area contributed by atoms with Crippen molar-refractivity contribution in [3.8, 4) is 0 Å². The molecule has 0 radical (unpaired) electrons. The van der Waals surface area contributed by atoms with Crippen molar-refractivity contribution in [3.63, 3.8) is 0 Å². The SMILES string of the molecule is CNC(=O)CN1CCN(c2ccc(F)cc2)C1=O. The summed E-state index contributed by atoms with van der Waals surface area (Å²) in [6.45, 7) is 1.04. The fourth-order valence-electron chi connectivity index (χ4n) is 1.84. The Morgan fingerprint density at radius 3 is 2.61 bits per heavy atom. The van der Waals surface area contributed by atoms with Crippen LogP contribution in [-0.2, 0) is 4.79 Å². The van der Waals surface area contributed by atoms with Crippen LogP contribution in [0.4, 0.5) is 14.9 Å². The summed E-state index contributed by atoms with van der Waals surface area (Å²) in [5.74, 6) is -0.545. The van der Waals surface area contributed by atoms with Crippen LogP contribution in [0.15, 0.2) is 24.3 Å². The largest absolute Gasteiger partial charge is 0.358 e. The summed E-state index contributed by atoms with van der Waals surface area (Å²) in [7, 11) is 1.53. The van der Waals surface area contributed by atoms with Crippen LogP contribution in [0.1, 0.15) is 0 Å². The zero-order valence-corrected chi connectivity index (χ0v) is 10.0. The second-order valence-electron chi connectivity index (χ2n) is 4.01. The maximum absolute atomic E-state index is 12.8. The van der Waals surface area contributed by atoms with Crippen LogP contribution in [-0.4, -0.2) is 43.5 Å². The second kappa shape index (κ2) is 5.03. The van der Waals surface area contributed by atoms with Crippen LogP contribution < -0.4 is 10.2 Å². The van der Waals surface area contributed by atoms with E-state index in [9.17, 15) is 14.0 Å². The van der Waals surface area contributed by atoms with Crippen molar-refractivity contribution in [3.05, 3.63) is 30.1 Å². The molecule has 1 aromatic carbocycles. The first-order valence-electron chi connectivity index (χ1n) is 5.64. The molecule has 1 saturated heterocycles. The van der Waals surface area contributed by atoms with Gasteiger partial charge in [-0.3, -0.25) is 9.69 Å². The predicted molar refractivity (Wildman–Crippen MR) is 64.8 cm³/mol. The first-order chi connectivity index (χ1) is 8.61. The third-order valence-electron chi connectivity index (χ3n) is 2.85. The van der Waals surface area contributed by atoms with Gasteiger partial charge in [0.1, 0.15) is 12.4 Å². The number of anilines is 1. The lowest BCUT2D eigenvalue weighted by Crippen LogP contribution is -2.38. The van der Waals surface area contributed by atoms with Crippen LogP contribution in [0.2, 0.25) is 0 Å². The standard InChI is InChI=1S/C12H14FN3O2/c1-14-11(17)8-15-6-7-16(12(15)18)10-4-2-9(13)3-5-10/h2-5H,6-8H2,1H3,(H,14,17). The number of rotatable bonds is 3. The van der Waals surface area contributed by atoms with Crippen LogP contribution in [0, 0.1) is 5.82 Å². The predicted octanol–water partition coefficient (Wildman–Crippen LogP) is 0.814. The van der Waals surface area contributed by atoms with E-state index in [0.29, 0.717) is 18.8 Å². The van der Waals surface area contributed by atoms with E-state index in [0.717, 1.165) is 0 Å². The van der Waals surface area contributed by atoms with Crippen LogP contribution in [0.3, 0.4) is 0 Å². The molecule has 1 aliphatic heterocycles. The number of carbonyl (C=O) groups excluding carboxylic acids is 2. The Kier molecular flexibility index (Phi) is 3.45. The Bertz CT molecular complexity index is 461. The van der Waals surface area contributed by atoms with Crippen molar-refractivity contribution in [2.45, 2.75) is 0 Å². The Morgan fingerprint density at radius 2 is 2.00 bits per heavy atom. The van der Waals surface area contributed by atoms with E-state index in [1.165, 1.54) is 29.0 Å². The molecule has 3 amide bonds. The van der Waals surface area contributed by atoms with Gasteiger partial charge in [-0.15, -0.1) is 0 Å². The molecule has 0 aromatic heterocycles. The van der Waals surface area contributed by atoms with Crippen molar-refractivity contribution in [2.75, 3.05) is 31.6 Å². The summed E-state index contributed by atoms with van der Waals surface area (Å²) in [6.07, 6.45) is 0. The van der Waals surface area contributed by atoms with Gasteiger partial charge in [-0.1, -0.05) is 0 Å². The molecule has 96 valence electrons. The van der Waals surface area contributed by atoms with Gasteiger partial charge in [0.15, 0.2) is 0 Å². The molecule has 0 saturated carbocycles. The fourth-order valence-corrected chi connectivity index (χ4v) is 1.84. The Labute approximate surface area is 104 Å². The van der Waals surface area contributed by atoms with Crippen molar-refractivity contribution in [1.29, 1.82) is 0 Å². The number of nitrogens with zero attached hydrogens (tertiary/aromatic N) is 2. The Hall–Kier alpha value is -2.11. The van der Waals surface area contributed by atoms with E-state index in [2.05, 4.69) is 5.32 Å². The summed E-state index contributed by atoms with van der Waals surface area (Å²) in [5.41, 5.74) is 0.640. The monoisotopic (exact) mass is 251 g/mol. The first kappa shape index (κ1) is 12.3. The summed E-state index contributed by atoms with van der Waals surface area (Å²) in [5, 5.41) is 2.47. The average molecular weight is 251 g/mol. The smallest absolute Gasteiger partial charge is 0.325 e. The molecule has 1 heterocycles. The molecule has 2 rings (SSSR count). The maximum Gasteiger partial charge on any atom is 0.325 e. The Morgan fingerprint density at radius 1 is 1.33 bits per heavy atom. The minimum absolute atomic E-state index is 0.0486. The zero-order chi connectivity index (χ0) is 13.1. The molecule has 1 aliphatic rings. The van der Waals surface area contributed by atoms with E-state index >= 15 is 0 Å². The van der Waals surface area contributed by atoms with E-state index in [1.54, 1.807) is 12.1 Å². The van der Waals surface area contributed by atoms with Gasteiger partial charge in [-0.05, 0) is 24.3 Å². The number of amides is 3. The van der Waals surface area contributed by atoms with Gasteiger partial charge in [0.05, 0.1) is 0 Å². The molecule has 5 nitrogen and oxygen atoms in total. The quantitative estimate of drug-likeness (QED) is 0.864. The van der Waals surface area contributed by atoms with Gasteiger partial charge in [0.2, 0.25) is 5.91 Å². The molecular weight excluding hydrogens is 237 g/mol. The van der Waals surface area contributed by atoms with Crippen molar-refractivity contribution < 1.29 is 14.0 Å². The fraction of sp³-hybridized carbons (Fsp3) is 0.333. The van der Waals surface area contributed by atoms with Gasteiger partial charge in [-0.25, -0.2) is 9.18 Å². The molecule has 0 unspecified atom stereocenters. The number of urea groups is 1. The highest BCUT2D eigenvalue weighted by Crippen LogP contribution is 2.20. The third-order valence-corrected chi connectivity index (χ3v) is 2.85. The lowest BCUT2D eigenvalue weighted by molar-refractivity contribution is -0.121. The van der Waals surface area contributed by atoms with Crippen LogP contribution >= 0.6 is 0 Å². The number of hydrogen-bond donors (Lipinski definition) is 1. The van der Waals surface area contributed by atoms with Gasteiger partial charge in [0, 0.05) is 25.8 Å². The molecule has 1 fully saturated rings. The lowest BCUT2D eigenvalue weighted by atomic mass is 10.3. The lowest BCUT2D eigenvalue weighted by Gasteiger charge is -2.18. The molecule has 1 aromatic rings. The molecule has 1 N–H and O–H groups in total. The van der Waals surface area contributed by atoms with Crippen molar-refractivity contribution in [1.82, 2.24) is 10.2 Å². The molecular formula is C12H14FN3O2. The topological polar surface area (TPSA) is 52.7 Å². The minimum atomic E-state index is -0.340. The highest BCUT2D eigenvalue weighted by atomic mass is 19.1. The van der Waals surface area contributed by atoms with E-state index in [4.69, 9.17) is 0 Å². The number of likely N-dealkylation sites (N-methyl/N-ethyl adjacent to an activating group) is 1. The number of hydrogen-bond acceptors (Lipinski definition) is 2. The highest BCUT2D eigenvalue weighted by molar-refractivity contribution is 5.96. The van der Waals surface area contributed by atoms with Crippen LogP contribution in [0.25, 0.3) is 0 Å². The number of halogens is 1. The molecule has 0 spiro atoms. The third kappa shape index (κ3) is 2.42. The van der Waals surface area contributed by atoms with Crippen molar-refractivity contribution in [2.24, 2.45) is 0 Å².